The lowest BCUT2D eigenvalue weighted by Gasteiger charge is -2.23. The molecule has 22 heavy (non-hydrogen) atoms. The third-order valence-electron chi connectivity index (χ3n) is 4.30. The molecule has 0 radical (unpaired) electrons. The zero-order valence-corrected chi connectivity index (χ0v) is 12.3. The van der Waals surface area contributed by atoms with Gasteiger partial charge < -0.3 is 14.8 Å². The Hall–Kier alpha value is -2.34. The number of carbonyl (C=O) groups is 2. The molecule has 1 saturated heterocycles. The van der Waals surface area contributed by atoms with E-state index in [4.69, 9.17) is 5.11 Å². The normalized spacial score (nSPS) is 17.0. The van der Waals surface area contributed by atoms with Gasteiger partial charge in [-0.1, -0.05) is 6.07 Å². The van der Waals surface area contributed by atoms with Crippen molar-refractivity contribution in [1.82, 2.24) is 9.47 Å². The molecule has 2 N–H and O–H groups in total. The first-order valence-electron chi connectivity index (χ1n) is 7.28. The maximum atomic E-state index is 11.8. The van der Waals surface area contributed by atoms with Crippen LogP contribution in [0.1, 0.15) is 34.8 Å². The van der Waals surface area contributed by atoms with E-state index in [9.17, 15) is 14.7 Å². The summed E-state index contributed by atoms with van der Waals surface area (Å²) in [6.07, 6.45) is 3.82. The highest BCUT2D eigenvalue weighted by Crippen LogP contribution is 2.32. The first-order chi connectivity index (χ1) is 10.5. The Morgan fingerprint density at radius 2 is 1.86 bits per heavy atom. The molecule has 0 aliphatic carbocycles. The van der Waals surface area contributed by atoms with Gasteiger partial charge in [-0.25, -0.2) is 4.79 Å². The van der Waals surface area contributed by atoms with Crippen LogP contribution >= 0.6 is 0 Å². The molecule has 0 saturated carbocycles. The first kappa shape index (κ1) is 14.6. The molecule has 1 fully saturated rings. The minimum absolute atomic E-state index is 0.202. The molecular weight excluding hydrogens is 284 g/mol. The number of aliphatic carboxylic acids is 1. The molecule has 6 heteroatoms. The lowest BCUT2D eigenvalue weighted by atomic mass is 10.0. The van der Waals surface area contributed by atoms with Gasteiger partial charge in [-0.3, -0.25) is 9.69 Å². The van der Waals surface area contributed by atoms with E-state index in [-0.39, 0.29) is 5.56 Å². The van der Waals surface area contributed by atoms with Crippen LogP contribution in [0.25, 0.3) is 10.9 Å². The summed E-state index contributed by atoms with van der Waals surface area (Å²) < 4.78 is 1.79. The number of hydrogen-bond acceptors (Lipinski definition) is 3. The molecule has 1 atom stereocenters. The molecule has 0 spiro atoms. The topological polar surface area (TPSA) is 82.8 Å². The summed E-state index contributed by atoms with van der Waals surface area (Å²) in [4.78, 5) is 24.8. The molecule has 1 aromatic carbocycles. The molecule has 0 bridgehead atoms. The monoisotopic (exact) mass is 302 g/mol. The Bertz CT molecular complexity index is 744. The van der Waals surface area contributed by atoms with E-state index in [0.717, 1.165) is 42.4 Å². The van der Waals surface area contributed by atoms with Crippen LogP contribution in [0.15, 0.2) is 24.4 Å². The van der Waals surface area contributed by atoms with Crippen LogP contribution in [0.3, 0.4) is 0 Å². The summed E-state index contributed by atoms with van der Waals surface area (Å²) in [5.41, 5.74) is 1.66. The fraction of sp³-hybridized carbons (Fsp3) is 0.375. The number of carboxylic acid groups (broad SMARTS) is 2. The van der Waals surface area contributed by atoms with Crippen molar-refractivity contribution in [3.05, 3.63) is 35.5 Å². The van der Waals surface area contributed by atoms with Gasteiger partial charge in [0, 0.05) is 29.7 Å². The van der Waals surface area contributed by atoms with Gasteiger partial charge in [0.15, 0.2) is 0 Å². The van der Waals surface area contributed by atoms with Crippen molar-refractivity contribution in [3.8, 4) is 0 Å². The number of nitrogens with zero attached hydrogens (tertiary/aromatic N) is 2. The Kier molecular flexibility index (Phi) is 3.62. The molecule has 6 nitrogen and oxygen atoms in total. The van der Waals surface area contributed by atoms with E-state index in [1.165, 1.54) is 6.07 Å². The third kappa shape index (κ3) is 2.35. The number of hydrogen-bond donors (Lipinski definition) is 2. The minimum atomic E-state index is -0.987. The number of rotatable bonds is 4. The summed E-state index contributed by atoms with van der Waals surface area (Å²) in [7, 11) is 1.81. The van der Waals surface area contributed by atoms with E-state index in [1.54, 1.807) is 29.9 Å². The average molecular weight is 302 g/mol. The highest BCUT2D eigenvalue weighted by Gasteiger charge is 2.31. The summed E-state index contributed by atoms with van der Waals surface area (Å²) in [6.45, 7) is 1.56. The molecule has 3 rings (SSSR count). The number of carboxylic acids is 2. The van der Waals surface area contributed by atoms with Crippen molar-refractivity contribution >= 4 is 22.8 Å². The Balaban J connectivity index is 2.13. The zero-order valence-electron chi connectivity index (χ0n) is 12.3. The largest absolute Gasteiger partial charge is 0.480 e. The summed E-state index contributed by atoms with van der Waals surface area (Å²) in [5, 5.41) is 19.6. The van der Waals surface area contributed by atoms with Gasteiger partial charge in [0.1, 0.15) is 6.04 Å². The minimum Gasteiger partial charge on any atom is -0.480 e. The lowest BCUT2D eigenvalue weighted by Crippen LogP contribution is -2.31. The second-order valence-corrected chi connectivity index (χ2v) is 5.72. The van der Waals surface area contributed by atoms with Gasteiger partial charge in [-0.15, -0.1) is 0 Å². The smallest absolute Gasteiger partial charge is 0.335 e. The van der Waals surface area contributed by atoms with Gasteiger partial charge >= 0.3 is 11.9 Å². The molecule has 116 valence electrons. The van der Waals surface area contributed by atoms with E-state index in [1.807, 2.05) is 4.90 Å². The number of fused-ring (bicyclic) bond motifs is 1. The van der Waals surface area contributed by atoms with Gasteiger partial charge in [0.25, 0.3) is 0 Å². The van der Waals surface area contributed by atoms with E-state index < -0.39 is 18.0 Å². The van der Waals surface area contributed by atoms with Crippen LogP contribution in [0.4, 0.5) is 0 Å². The van der Waals surface area contributed by atoms with Gasteiger partial charge in [-0.2, -0.15) is 0 Å². The van der Waals surface area contributed by atoms with Crippen molar-refractivity contribution in [2.45, 2.75) is 18.9 Å². The highest BCUT2D eigenvalue weighted by molar-refractivity contribution is 5.96. The first-order valence-corrected chi connectivity index (χ1v) is 7.28. The fourth-order valence-corrected chi connectivity index (χ4v) is 3.25. The predicted molar refractivity (Wildman–Crippen MR) is 81.1 cm³/mol. The lowest BCUT2D eigenvalue weighted by molar-refractivity contribution is -0.143. The Morgan fingerprint density at radius 1 is 1.18 bits per heavy atom. The molecule has 1 aliphatic rings. The third-order valence-corrected chi connectivity index (χ3v) is 4.30. The molecule has 1 aromatic heterocycles. The maximum Gasteiger partial charge on any atom is 0.335 e. The van der Waals surface area contributed by atoms with Crippen LogP contribution in [-0.4, -0.2) is 44.7 Å². The maximum absolute atomic E-state index is 11.8. The molecule has 2 heterocycles. The molecule has 0 amide bonds. The van der Waals surface area contributed by atoms with E-state index >= 15 is 0 Å². The summed E-state index contributed by atoms with van der Waals surface area (Å²) in [6, 6.07) is 4.14. The molecule has 1 aliphatic heterocycles. The van der Waals surface area contributed by atoms with E-state index in [0.29, 0.717) is 0 Å². The van der Waals surface area contributed by atoms with Crippen LogP contribution in [0.2, 0.25) is 0 Å². The van der Waals surface area contributed by atoms with Crippen molar-refractivity contribution in [2.24, 2.45) is 7.05 Å². The fourth-order valence-electron chi connectivity index (χ4n) is 3.25. The SMILES string of the molecule is Cn1cc([C@H](C(=O)O)N2CCCC2)c2ccc(C(=O)O)cc21. The second kappa shape index (κ2) is 5.46. The Morgan fingerprint density at radius 3 is 2.45 bits per heavy atom. The number of aromatic carboxylic acids is 1. The van der Waals surface area contributed by atoms with Crippen LogP contribution in [-0.2, 0) is 11.8 Å². The van der Waals surface area contributed by atoms with E-state index in [2.05, 4.69) is 0 Å². The number of likely N-dealkylation sites (tertiary alicyclic amines) is 1. The number of aryl methyl sites for hydroxylation is 1. The van der Waals surface area contributed by atoms with Crippen molar-refractivity contribution in [2.75, 3.05) is 13.1 Å². The predicted octanol–water partition coefficient (Wildman–Crippen LogP) is 2.10. The molecular formula is C16H18N2O4. The summed E-state index contributed by atoms with van der Waals surface area (Å²) >= 11 is 0. The second-order valence-electron chi connectivity index (χ2n) is 5.72. The standard InChI is InChI=1S/C16H18N2O4/c1-17-9-12(14(16(21)22)18-6-2-3-7-18)11-5-4-10(15(19)20)8-13(11)17/h4-5,8-9,14H,2-3,6-7H2,1H3,(H,19,20)(H,21,22)/t14-/m1/s1. The van der Waals surface area contributed by atoms with Crippen molar-refractivity contribution < 1.29 is 19.8 Å². The molecule has 2 aromatic rings. The zero-order chi connectivity index (χ0) is 15.9. The van der Waals surface area contributed by atoms with Gasteiger partial charge in [0.05, 0.1) is 5.56 Å². The van der Waals surface area contributed by atoms with Gasteiger partial charge in [0.2, 0.25) is 0 Å². The summed E-state index contributed by atoms with van der Waals surface area (Å²) in [5.74, 6) is -1.85. The van der Waals surface area contributed by atoms with Crippen LogP contribution in [0.5, 0.6) is 0 Å². The van der Waals surface area contributed by atoms with Crippen LogP contribution in [0, 0.1) is 0 Å². The quantitative estimate of drug-likeness (QED) is 0.903. The van der Waals surface area contributed by atoms with Gasteiger partial charge in [-0.05, 0) is 38.1 Å². The van der Waals surface area contributed by atoms with Crippen LogP contribution < -0.4 is 0 Å². The average Bonchev–Trinajstić information content (AvgIpc) is 3.08. The molecule has 0 unspecified atom stereocenters. The Labute approximate surface area is 127 Å². The number of aromatic nitrogens is 1. The van der Waals surface area contributed by atoms with Crippen molar-refractivity contribution in [1.29, 1.82) is 0 Å². The number of benzene rings is 1. The van der Waals surface area contributed by atoms with Crippen molar-refractivity contribution in [3.63, 3.8) is 0 Å². The highest BCUT2D eigenvalue weighted by atomic mass is 16.4.